The van der Waals surface area contributed by atoms with Crippen LogP contribution in [0.4, 0.5) is 0 Å². The van der Waals surface area contributed by atoms with E-state index in [1.807, 2.05) is 48.5 Å². The summed E-state index contributed by atoms with van der Waals surface area (Å²) in [4.78, 5) is 9.62. The summed E-state index contributed by atoms with van der Waals surface area (Å²) in [7, 11) is 0. The molecule has 0 aliphatic heterocycles. The molecule has 0 radical (unpaired) electrons. The van der Waals surface area contributed by atoms with Crippen molar-refractivity contribution in [2.24, 2.45) is 0 Å². The third-order valence-electron chi connectivity index (χ3n) is 4.15. The van der Waals surface area contributed by atoms with Crippen molar-refractivity contribution in [2.75, 3.05) is 0 Å². The van der Waals surface area contributed by atoms with Crippen LogP contribution in [0.25, 0.3) is 22.6 Å². The second-order valence-corrected chi connectivity index (χ2v) is 6.56. The third kappa shape index (κ3) is 2.85. The van der Waals surface area contributed by atoms with Gasteiger partial charge in [-0.15, -0.1) is 0 Å². The van der Waals surface area contributed by atoms with E-state index in [0.717, 1.165) is 52.6 Å². The SMILES string of the molecule is Clc1ccc(-c2nc3c(c(-c4ccc(Cl)cc4)n2)CCC3)cc1. The topological polar surface area (TPSA) is 25.8 Å². The van der Waals surface area contributed by atoms with E-state index in [-0.39, 0.29) is 0 Å². The van der Waals surface area contributed by atoms with E-state index in [2.05, 4.69) is 0 Å². The molecule has 1 heterocycles. The van der Waals surface area contributed by atoms with E-state index in [1.165, 1.54) is 5.56 Å². The molecule has 1 aliphatic rings. The molecular formula is C19H14Cl2N2. The lowest BCUT2D eigenvalue weighted by Crippen LogP contribution is -2.00. The Kier molecular flexibility index (Phi) is 3.80. The van der Waals surface area contributed by atoms with Crippen LogP contribution in [0.1, 0.15) is 17.7 Å². The maximum Gasteiger partial charge on any atom is 0.160 e. The summed E-state index contributed by atoms with van der Waals surface area (Å²) in [6.45, 7) is 0. The number of rotatable bonds is 2. The highest BCUT2D eigenvalue weighted by molar-refractivity contribution is 6.30. The number of benzene rings is 2. The lowest BCUT2D eigenvalue weighted by Gasteiger charge is -2.11. The summed E-state index contributed by atoms with van der Waals surface area (Å²) in [6.07, 6.45) is 3.18. The van der Waals surface area contributed by atoms with Gasteiger partial charge in [0, 0.05) is 32.4 Å². The summed E-state index contributed by atoms with van der Waals surface area (Å²) in [5, 5.41) is 1.45. The highest BCUT2D eigenvalue weighted by atomic mass is 35.5. The fourth-order valence-corrected chi connectivity index (χ4v) is 3.26. The van der Waals surface area contributed by atoms with E-state index in [1.54, 1.807) is 0 Å². The van der Waals surface area contributed by atoms with Crippen LogP contribution in [0.2, 0.25) is 10.0 Å². The van der Waals surface area contributed by atoms with Crippen LogP contribution in [0.5, 0.6) is 0 Å². The van der Waals surface area contributed by atoms with Crippen LogP contribution in [-0.4, -0.2) is 9.97 Å². The van der Waals surface area contributed by atoms with Crippen molar-refractivity contribution in [3.63, 3.8) is 0 Å². The second-order valence-electron chi connectivity index (χ2n) is 5.69. The standard InChI is InChI=1S/C19H14Cl2N2/c20-14-8-4-12(5-9-14)18-16-2-1-3-17(16)22-19(23-18)13-6-10-15(21)11-7-13/h4-11H,1-3H2. The molecular weight excluding hydrogens is 327 g/mol. The van der Waals surface area contributed by atoms with E-state index in [4.69, 9.17) is 33.2 Å². The van der Waals surface area contributed by atoms with Gasteiger partial charge < -0.3 is 0 Å². The summed E-state index contributed by atoms with van der Waals surface area (Å²) >= 11 is 12.0. The number of hydrogen-bond acceptors (Lipinski definition) is 2. The Bertz CT molecular complexity index is 856. The molecule has 0 spiro atoms. The van der Waals surface area contributed by atoms with Crippen molar-refractivity contribution < 1.29 is 0 Å². The average Bonchev–Trinajstić information content (AvgIpc) is 3.04. The van der Waals surface area contributed by atoms with E-state index < -0.39 is 0 Å². The quantitative estimate of drug-likeness (QED) is 0.606. The van der Waals surface area contributed by atoms with Crippen molar-refractivity contribution in [2.45, 2.75) is 19.3 Å². The summed E-state index contributed by atoms with van der Waals surface area (Å²) in [5.74, 6) is 0.757. The van der Waals surface area contributed by atoms with Crippen LogP contribution in [-0.2, 0) is 12.8 Å². The zero-order valence-corrected chi connectivity index (χ0v) is 13.9. The summed E-state index contributed by atoms with van der Waals surface area (Å²) < 4.78 is 0. The van der Waals surface area contributed by atoms with Crippen LogP contribution in [0.3, 0.4) is 0 Å². The number of fused-ring (bicyclic) bond motifs is 1. The molecule has 0 saturated carbocycles. The van der Waals surface area contributed by atoms with E-state index >= 15 is 0 Å². The van der Waals surface area contributed by atoms with Gasteiger partial charge in [0.15, 0.2) is 5.82 Å². The Labute approximate surface area is 145 Å². The maximum atomic E-state index is 6.01. The molecule has 2 nitrogen and oxygen atoms in total. The third-order valence-corrected chi connectivity index (χ3v) is 4.66. The van der Waals surface area contributed by atoms with Gasteiger partial charge in [0.05, 0.1) is 5.69 Å². The molecule has 0 N–H and O–H groups in total. The fourth-order valence-electron chi connectivity index (χ4n) is 3.01. The highest BCUT2D eigenvalue weighted by Crippen LogP contribution is 2.33. The van der Waals surface area contributed by atoms with Crippen LogP contribution in [0, 0.1) is 0 Å². The molecule has 1 aliphatic carbocycles. The van der Waals surface area contributed by atoms with Crippen LogP contribution >= 0.6 is 23.2 Å². The molecule has 4 heteroatoms. The molecule has 0 unspecified atom stereocenters. The molecule has 0 atom stereocenters. The molecule has 4 rings (SSSR count). The van der Waals surface area contributed by atoms with Crippen molar-refractivity contribution >= 4 is 23.2 Å². The fraction of sp³-hybridized carbons (Fsp3) is 0.158. The Hall–Kier alpha value is -1.90. The molecule has 0 bridgehead atoms. The minimum absolute atomic E-state index is 0.716. The van der Waals surface area contributed by atoms with E-state index in [9.17, 15) is 0 Å². The predicted octanol–water partition coefficient (Wildman–Crippen LogP) is 5.61. The second kappa shape index (κ2) is 5.95. The smallest absolute Gasteiger partial charge is 0.160 e. The van der Waals surface area contributed by atoms with Crippen molar-refractivity contribution in [1.82, 2.24) is 9.97 Å². The molecule has 1 aromatic heterocycles. The van der Waals surface area contributed by atoms with Crippen LogP contribution in [0.15, 0.2) is 48.5 Å². The number of aryl methyl sites for hydroxylation is 1. The number of aromatic nitrogens is 2. The zero-order valence-electron chi connectivity index (χ0n) is 12.4. The van der Waals surface area contributed by atoms with Gasteiger partial charge in [0.1, 0.15) is 0 Å². The zero-order chi connectivity index (χ0) is 15.8. The van der Waals surface area contributed by atoms with Crippen molar-refractivity contribution in [3.8, 4) is 22.6 Å². The summed E-state index contributed by atoms with van der Waals surface area (Å²) in [6, 6.07) is 15.5. The molecule has 2 aromatic carbocycles. The van der Waals surface area contributed by atoms with Gasteiger partial charge in [-0.05, 0) is 55.7 Å². The van der Waals surface area contributed by atoms with Crippen LogP contribution < -0.4 is 0 Å². The monoisotopic (exact) mass is 340 g/mol. The van der Waals surface area contributed by atoms with Crippen molar-refractivity contribution in [3.05, 3.63) is 69.8 Å². The first-order valence-corrected chi connectivity index (χ1v) is 8.38. The number of nitrogens with zero attached hydrogens (tertiary/aromatic N) is 2. The highest BCUT2D eigenvalue weighted by Gasteiger charge is 2.20. The first-order valence-electron chi connectivity index (χ1n) is 7.62. The first kappa shape index (κ1) is 14.7. The molecule has 0 fully saturated rings. The molecule has 0 amide bonds. The Morgan fingerprint density at radius 3 is 1.96 bits per heavy atom. The first-order chi connectivity index (χ1) is 11.2. The molecule has 114 valence electrons. The van der Waals surface area contributed by atoms with Gasteiger partial charge in [-0.25, -0.2) is 9.97 Å². The van der Waals surface area contributed by atoms with Gasteiger partial charge in [-0.2, -0.15) is 0 Å². The Morgan fingerprint density at radius 2 is 1.30 bits per heavy atom. The lowest BCUT2D eigenvalue weighted by atomic mass is 10.0. The number of hydrogen-bond donors (Lipinski definition) is 0. The molecule has 0 saturated heterocycles. The van der Waals surface area contributed by atoms with Gasteiger partial charge in [-0.3, -0.25) is 0 Å². The van der Waals surface area contributed by atoms with Crippen molar-refractivity contribution in [1.29, 1.82) is 0 Å². The minimum Gasteiger partial charge on any atom is -0.233 e. The Balaban J connectivity index is 1.88. The Morgan fingerprint density at radius 1 is 0.696 bits per heavy atom. The number of halogens is 2. The lowest BCUT2D eigenvalue weighted by molar-refractivity contribution is 0.900. The predicted molar refractivity (Wildman–Crippen MR) is 94.9 cm³/mol. The van der Waals surface area contributed by atoms with Gasteiger partial charge in [-0.1, -0.05) is 35.3 Å². The average molecular weight is 341 g/mol. The minimum atomic E-state index is 0.716. The van der Waals surface area contributed by atoms with Gasteiger partial charge in [0.25, 0.3) is 0 Å². The largest absolute Gasteiger partial charge is 0.233 e. The van der Waals surface area contributed by atoms with Gasteiger partial charge in [0.2, 0.25) is 0 Å². The van der Waals surface area contributed by atoms with E-state index in [0.29, 0.717) is 5.02 Å². The van der Waals surface area contributed by atoms with Gasteiger partial charge >= 0.3 is 0 Å². The normalized spacial score (nSPS) is 13.1. The molecule has 23 heavy (non-hydrogen) atoms. The maximum absolute atomic E-state index is 6.01. The molecule has 3 aromatic rings. The summed E-state index contributed by atoms with van der Waals surface area (Å²) in [5.41, 5.74) is 5.53.